The standard InChI is InChI=1S/C20H19NO3/c1-2-3-14-23-18-9-11-19(12-10-18)24-20(22)13-8-16-4-6-17(15-21)7-5-16/h4-13H,2-3,14H2,1H3/b13-8+. The highest BCUT2D eigenvalue weighted by atomic mass is 16.5. The van der Waals surface area contributed by atoms with E-state index in [-0.39, 0.29) is 0 Å². The summed E-state index contributed by atoms with van der Waals surface area (Å²) < 4.78 is 10.8. The molecule has 2 aromatic rings. The van der Waals surface area contributed by atoms with Crippen molar-refractivity contribution in [3.05, 3.63) is 65.7 Å². The van der Waals surface area contributed by atoms with E-state index in [9.17, 15) is 4.79 Å². The van der Waals surface area contributed by atoms with Gasteiger partial charge in [0.15, 0.2) is 0 Å². The Hall–Kier alpha value is -3.06. The van der Waals surface area contributed by atoms with Gasteiger partial charge in [0.1, 0.15) is 11.5 Å². The molecule has 0 spiro atoms. The summed E-state index contributed by atoms with van der Waals surface area (Å²) in [4.78, 5) is 11.8. The fourth-order valence-electron chi connectivity index (χ4n) is 1.92. The lowest BCUT2D eigenvalue weighted by Gasteiger charge is -2.06. The zero-order chi connectivity index (χ0) is 17.2. The number of hydrogen-bond acceptors (Lipinski definition) is 4. The van der Waals surface area contributed by atoms with E-state index < -0.39 is 5.97 Å². The molecule has 0 radical (unpaired) electrons. The molecule has 0 saturated carbocycles. The number of benzene rings is 2. The number of hydrogen-bond donors (Lipinski definition) is 0. The normalized spacial score (nSPS) is 10.3. The Kier molecular flexibility index (Phi) is 6.60. The molecule has 0 N–H and O–H groups in total. The summed E-state index contributed by atoms with van der Waals surface area (Å²) in [5, 5.41) is 8.74. The lowest BCUT2D eigenvalue weighted by Crippen LogP contribution is -2.03. The molecule has 2 aromatic carbocycles. The number of ether oxygens (including phenoxy) is 2. The second-order valence-corrected chi connectivity index (χ2v) is 5.16. The van der Waals surface area contributed by atoms with Gasteiger partial charge in [-0.25, -0.2) is 4.79 Å². The smallest absolute Gasteiger partial charge is 0.336 e. The van der Waals surface area contributed by atoms with E-state index in [0.717, 1.165) is 24.2 Å². The van der Waals surface area contributed by atoms with Crippen LogP contribution in [0.1, 0.15) is 30.9 Å². The van der Waals surface area contributed by atoms with Crippen LogP contribution in [0.25, 0.3) is 6.08 Å². The van der Waals surface area contributed by atoms with Gasteiger partial charge < -0.3 is 9.47 Å². The molecule has 0 aliphatic rings. The Bertz CT molecular complexity index is 725. The van der Waals surface area contributed by atoms with Crippen LogP contribution >= 0.6 is 0 Å². The van der Waals surface area contributed by atoms with Crippen LogP contribution in [-0.4, -0.2) is 12.6 Å². The van der Waals surface area contributed by atoms with Crippen molar-refractivity contribution in [1.82, 2.24) is 0 Å². The van der Waals surface area contributed by atoms with Gasteiger partial charge in [0.05, 0.1) is 18.2 Å². The minimum absolute atomic E-state index is 0.459. The quantitative estimate of drug-likeness (QED) is 0.329. The molecule has 122 valence electrons. The average Bonchev–Trinajstić information content (AvgIpc) is 2.62. The van der Waals surface area contributed by atoms with Gasteiger partial charge in [0.25, 0.3) is 0 Å². The molecule has 0 aromatic heterocycles. The maximum atomic E-state index is 11.8. The summed E-state index contributed by atoms with van der Waals surface area (Å²) in [5.41, 5.74) is 1.40. The van der Waals surface area contributed by atoms with Crippen LogP contribution in [0, 0.1) is 11.3 Å². The monoisotopic (exact) mass is 321 g/mol. The van der Waals surface area contributed by atoms with Crippen LogP contribution in [0.3, 0.4) is 0 Å². The van der Waals surface area contributed by atoms with Crippen molar-refractivity contribution in [2.45, 2.75) is 19.8 Å². The summed E-state index contributed by atoms with van der Waals surface area (Å²) in [5.74, 6) is 0.766. The molecule has 0 aliphatic carbocycles. The number of unbranched alkanes of at least 4 members (excludes halogenated alkanes) is 1. The Morgan fingerprint density at radius 1 is 1.08 bits per heavy atom. The number of carbonyl (C=O) groups is 1. The molecule has 4 heteroatoms. The van der Waals surface area contributed by atoms with Crippen LogP contribution < -0.4 is 9.47 Å². The summed E-state index contributed by atoms with van der Waals surface area (Å²) >= 11 is 0. The Morgan fingerprint density at radius 3 is 2.38 bits per heavy atom. The average molecular weight is 321 g/mol. The molecule has 2 rings (SSSR count). The van der Waals surface area contributed by atoms with Crippen LogP contribution in [0.2, 0.25) is 0 Å². The van der Waals surface area contributed by atoms with Gasteiger partial charge in [-0.3, -0.25) is 0 Å². The molecule has 0 unspecified atom stereocenters. The zero-order valence-corrected chi connectivity index (χ0v) is 13.6. The maximum Gasteiger partial charge on any atom is 0.336 e. The molecule has 24 heavy (non-hydrogen) atoms. The number of carbonyl (C=O) groups excluding carboxylic acids is 1. The molecule has 0 bridgehead atoms. The Balaban J connectivity index is 1.87. The largest absolute Gasteiger partial charge is 0.494 e. The first kappa shape index (κ1) is 17.3. The fourth-order valence-corrected chi connectivity index (χ4v) is 1.92. The van der Waals surface area contributed by atoms with E-state index in [4.69, 9.17) is 14.7 Å². The second-order valence-electron chi connectivity index (χ2n) is 5.16. The lowest BCUT2D eigenvalue weighted by molar-refractivity contribution is -0.128. The van der Waals surface area contributed by atoms with E-state index in [0.29, 0.717) is 17.9 Å². The molecule has 0 saturated heterocycles. The Labute approximate surface area is 141 Å². The number of esters is 1. The third-order valence-corrected chi connectivity index (χ3v) is 3.26. The third kappa shape index (κ3) is 5.62. The molecule has 0 aliphatic heterocycles. The van der Waals surface area contributed by atoms with Gasteiger partial charge in [-0.1, -0.05) is 25.5 Å². The second kappa shape index (κ2) is 9.16. The lowest BCUT2D eigenvalue weighted by atomic mass is 10.1. The highest BCUT2D eigenvalue weighted by molar-refractivity contribution is 5.88. The summed E-state index contributed by atoms with van der Waals surface area (Å²) in [7, 11) is 0. The van der Waals surface area contributed by atoms with Crippen molar-refractivity contribution in [2.24, 2.45) is 0 Å². The van der Waals surface area contributed by atoms with Gasteiger partial charge in [0.2, 0.25) is 0 Å². The molecular formula is C20H19NO3. The highest BCUT2D eigenvalue weighted by Crippen LogP contribution is 2.18. The van der Waals surface area contributed by atoms with Crippen LogP contribution in [-0.2, 0) is 4.79 Å². The van der Waals surface area contributed by atoms with E-state index in [1.54, 1.807) is 54.6 Å². The van der Waals surface area contributed by atoms with Gasteiger partial charge >= 0.3 is 5.97 Å². The number of nitrogens with zero attached hydrogens (tertiary/aromatic N) is 1. The molecule has 0 atom stereocenters. The van der Waals surface area contributed by atoms with Crippen molar-refractivity contribution in [3.63, 3.8) is 0 Å². The number of rotatable bonds is 7. The summed E-state index contributed by atoms with van der Waals surface area (Å²) in [6.07, 6.45) is 5.09. The van der Waals surface area contributed by atoms with Crippen molar-refractivity contribution in [1.29, 1.82) is 5.26 Å². The SMILES string of the molecule is CCCCOc1ccc(OC(=O)/C=C/c2ccc(C#N)cc2)cc1. The highest BCUT2D eigenvalue weighted by Gasteiger charge is 2.01. The van der Waals surface area contributed by atoms with Gasteiger partial charge in [-0.2, -0.15) is 5.26 Å². The molecule has 0 amide bonds. The van der Waals surface area contributed by atoms with Gasteiger partial charge in [0, 0.05) is 6.08 Å². The predicted octanol–water partition coefficient (Wildman–Crippen LogP) is 4.36. The first-order valence-electron chi connectivity index (χ1n) is 7.84. The molecule has 0 fully saturated rings. The van der Waals surface area contributed by atoms with E-state index >= 15 is 0 Å². The predicted molar refractivity (Wildman–Crippen MR) is 92.7 cm³/mol. The topological polar surface area (TPSA) is 59.3 Å². The van der Waals surface area contributed by atoms with Gasteiger partial charge in [-0.05, 0) is 54.5 Å². The Morgan fingerprint density at radius 2 is 1.75 bits per heavy atom. The van der Waals surface area contributed by atoms with Crippen LogP contribution in [0.5, 0.6) is 11.5 Å². The van der Waals surface area contributed by atoms with Crippen LogP contribution in [0.15, 0.2) is 54.6 Å². The molecule has 0 heterocycles. The van der Waals surface area contributed by atoms with Crippen LogP contribution in [0.4, 0.5) is 0 Å². The summed E-state index contributed by atoms with van der Waals surface area (Å²) in [6.45, 7) is 2.79. The van der Waals surface area contributed by atoms with Crippen molar-refractivity contribution >= 4 is 12.0 Å². The summed E-state index contributed by atoms with van der Waals surface area (Å²) in [6, 6.07) is 15.9. The minimum atomic E-state index is -0.459. The van der Waals surface area contributed by atoms with E-state index in [1.807, 2.05) is 6.07 Å². The molecule has 4 nitrogen and oxygen atoms in total. The van der Waals surface area contributed by atoms with E-state index in [1.165, 1.54) is 6.08 Å². The molecular weight excluding hydrogens is 302 g/mol. The first-order chi connectivity index (χ1) is 11.7. The van der Waals surface area contributed by atoms with Crippen molar-refractivity contribution < 1.29 is 14.3 Å². The fraction of sp³-hybridized carbons (Fsp3) is 0.200. The van der Waals surface area contributed by atoms with E-state index in [2.05, 4.69) is 6.92 Å². The maximum absolute atomic E-state index is 11.8. The van der Waals surface area contributed by atoms with Crippen molar-refractivity contribution in [3.8, 4) is 17.6 Å². The van der Waals surface area contributed by atoms with Crippen molar-refractivity contribution in [2.75, 3.05) is 6.61 Å². The first-order valence-corrected chi connectivity index (χ1v) is 7.84. The zero-order valence-electron chi connectivity index (χ0n) is 13.6. The third-order valence-electron chi connectivity index (χ3n) is 3.26. The number of nitriles is 1. The van der Waals surface area contributed by atoms with Gasteiger partial charge in [-0.15, -0.1) is 0 Å². The minimum Gasteiger partial charge on any atom is -0.494 e.